The molecule has 4 heteroatoms. The van der Waals surface area contributed by atoms with Crippen LogP contribution in [0.5, 0.6) is 5.88 Å². The first kappa shape index (κ1) is 7.43. The lowest BCUT2D eigenvalue weighted by atomic mass is 10.4. The zero-order chi connectivity index (χ0) is 8.55. The summed E-state index contributed by atoms with van der Waals surface area (Å²) in [5, 5.41) is 0.627. The predicted octanol–water partition coefficient (Wildman–Crippen LogP) is 2.22. The van der Waals surface area contributed by atoms with Gasteiger partial charge in [0.2, 0.25) is 5.88 Å². The van der Waals surface area contributed by atoms with E-state index in [9.17, 15) is 0 Å². The minimum Gasteiger partial charge on any atom is -0.481 e. The van der Waals surface area contributed by atoms with Gasteiger partial charge in [-0.05, 0) is 6.07 Å². The molecule has 0 saturated carbocycles. The van der Waals surface area contributed by atoms with Crippen LogP contribution in [0.4, 0.5) is 0 Å². The van der Waals surface area contributed by atoms with Crippen LogP contribution in [-0.2, 0) is 0 Å². The number of aromatic nitrogens is 2. The van der Waals surface area contributed by atoms with Crippen LogP contribution in [-0.4, -0.2) is 17.1 Å². The molecule has 0 amide bonds. The molecule has 0 aliphatic carbocycles. The molecule has 0 bridgehead atoms. The summed E-state index contributed by atoms with van der Waals surface area (Å²) in [6, 6.07) is 3.53. The lowest BCUT2D eigenvalue weighted by Gasteiger charge is -1.99. The molecular weight excluding hydrogens is 176 g/mol. The molecule has 2 rings (SSSR count). The lowest BCUT2D eigenvalue weighted by Crippen LogP contribution is -1.87. The van der Waals surface area contributed by atoms with E-state index in [1.165, 1.54) is 0 Å². The summed E-state index contributed by atoms with van der Waals surface area (Å²) in [6.07, 6.45) is 1.79. The molecule has 0 spiro atoms. The molecular formula is C8H7ClN2O. The Morgan fingerprint density at radius 1 is 1.58 bits per heavy atom. The molecule has 3 nitrogen and oxygen atoms in total. The zero-order valence-corrected chi connectivity index (χ0v) is 7.22. The van der Waals surface area contributed by atoms with Gasteiger partial charge in [0.05, 0.1) is 23.2 Å². The summed E-state index contributed by atoms with van der Waals surface area (Å²) >= 11 is 5.93. The Hall–Kier alpha value is -1.22. The van der Waals surface area contributed by atoms with Gasteiger partial charge >= 0.3 is 0 Å². The average Bonchev–Trinajstić information content (AvgIpc) is 2.52. The fourth-order valence-electron chi connectivity index (χ4n) is 1.08. The van der Waals surface area contributed by atoms with E-state index in [0.29, 0.717) is 10.9 Å². The maximum absolute atomic E-state index is 5.93. The monoisotopic (exact) mass is 182 g/mol. The molecule has 0 unspecified atom stereocenters. The van der Waals surface area contributed by atoms with Crippen molar-refractivity contribution < 1.29 is 4.74 Å². The third kappa shape index (κ3) is 1.02. The van der Waals surface area contributed by atoms with Crippen molar-refractivity contribution in [1.82, 2.24) is 9.97 Å². The molecule has 0 aliphatic rings. The number of pyridine rings is 1. The number of hydrogen-bond donors (Lipinski definition) is 1. The molecule has 0 aliphatic heterocycles. The molecule has 0 aromatic carbocycles. The van der Waals surface area contributed by atoms with Gasteiger partial charge in [-0.1, -0.05) is 11.6 Å². The molecule has 0 radical (unpaired) electrons. The summed E-state index contributed by atoms with van der Waals surface area (Å²) in [5.74, 6) is 0.534. The number of H-pyrrole nitrogens is 1. The van der Waals surface area contributed by atoms with E-state index >= 15 is 0 Å². The number of hydrogen-bond acceptors (Lipinski definition) is 2. The fraction of sp³-hybridized carbons (Fsp3) is 0.125. The normalized spacial score (nSPS) is 10.5. The Bertz CT molecular complexity index is 410. The lowest BCUT2D eigenvalue weighted by molar-refractivity contribution is 0.399. The van der Waals surface area contributed by atoms with Gasteiger partial charge in [0.15, 0.2) is 0 Å². The van der Waals surface area contributed by atoms with Gasteiger partial charge in [-0.3, -0.25) is 0 Å². The standard InChI is InChI=1S/C8H7ClN2O/c1-12-7-4-5(9)8-6(11-7)2-3-10-8/h2-4,10H,1H3. The van der Waals surface area contributed by atoms with Crippen molar-refractivity contribution in [1.29, 1.82) is 0 Å². The van der Waals surface area contributed by atoms with Crippen LogP contribution in [0.25, 0.3) is 11.0 Å². The highest BCUT2D eigenvalue weighted by Crippen LogP contribution is 2.24. The van der Waals surface area contributed by atoms with Gasteiger partial charge in [-0.25, -0.2) is 4.98 Å². The smallest absolute Gasteiger partial charge is 0.215 e. The molecule has 2 aromatic heterocycles. The van der Waals surface area contributed by atoms with E-state index in [1.807, 2.05) is 6.07 Å². The van der Waals surface area contributed by atoms with Crippen molar-refractivity contribution in [2.45, 2.75) is 0 Å². The van der Waals surface area contributed by atoms with Gasteiger partial charge < -0.3 is 9.72 Å². The number of aromatic amines is 1. The van der Waals surface area contributed by atoms with Crippen LogP contribution in [0.2, 0.25) is 5.02 Å². The predicted molar refractivity (Wildman–Crippen MR) is 47.7 cm³/mol. The quantitative estimate of drug-likeness (QED) is 0.735. The molecule has 2 heterocycles. The molecule has 2 aromatic rings. The molecule has 0 saturated heterocycles. The highest BCUT2D eigenvalue weighted by atomic mass is 35.5. The molecule has 12 heavy (non-hydrogen) atoms. The van der Waals surface area contributed by atoms with E-state index in [4.69, 9.17) is 16.3 Å². The van der Waals surface area contributed by atoms with E-state index in [1.54, 1.807) is 19.4 Å². The highest BCUT2D eigenvalue weighted by Gasteiger charge is 2.03. The zero-order valence-electron chi connectivity index (χ0n) is 6.47. The summed E-state index contributed by atoms with van der Waals surface area (Å²) in [7, 11) is 1.57. The SMILES string of the molecule is COc1cc(Cl)c2[nH]ccc2n1. The third-order valence-electron chi connectivity index (χ3n) is 1.65. The van der Waals surface area contributed by atoms with Crippen molar-refractivity contribution >= 4 is 22.6 Å². The van der Waals surface area contributed by atoms with Gasteiger partial charge in [-0.15, -0.1) is 0 Å². The van der Waals surface area contributed by atoms with Crippen LogP contribution in [0, 0.1) is 0 Å². The molecule has 0 atom stereocenters. The van der Waals surface area contributed by atoms with Crippen molar-refractivity contribution in [2.75, 3.05) is 7.11 Å². The minimum absolute atomic E-state index is 0.534. The van der Waals surface area contributed by atoms with Gasteiger partial charge in [0, 0.05) is 12.3 Å². The minimum atomic E-state index is 0.534. The van der Waals surface area contributed by atoms with Crippen LogP contribution < -0.4 is 4.74 Å². The maximum atomic E-state index is 5.93. The van der Waals surface area contributed by atoms with E-state index in [0.717, 1.165) is 11.0 Å². The Morgan fingerprint density at radius 2 is 2.42 bits per heavy atom. The average molecular weight is 183 g/mol. The van der Waals surface area contributed by atoms with Crippen molar-refractivity contribution in [3.63, 3.8) is 0 Å². The summed E-state index contributed by atoms with van der Waals surface area (Å²) in [5.41, 5.74) is 1.66. The molecule has 1 N–H and O–H groups in total. The highest BCUT2D eigenvalue weighted by molar-refractivity contribution is 6.35. The third-order valence-corrected chi connectivity index (χ3v) is 1.95. The fourth-order valence-corrected chi connectivity index (χ4v) is 1.33. The Morgan fingerprint density at radius 3 is 3.17 bits per heavy atom. The largest absolute Gasteiger partial charge is 0.481 e. The number of ether oxygens (including phenoxy) is 1. The number of nitrogens with zero attached hydrogens (tertiary/aromatic N) is 1. The van der Waals surface area contributed by atoms with E-state index in [-0.39, 0.29) is 0 Å². The molecule has 0 fully saturated rings. The van der Waals surface area contributed by atoms with Gasteiger partial charge in [0.25, 0.3) is 0 Å². The van der Waals surface area contributed by atoms with Gasteiger partial charge in [-0.2, -0.15) is 0 Å². The Balaban J connectivity index is 2.75. The van der Waals surface area contributed by atoms with Crippen LogP contribution in [0.3, 0.4) is 0 Å². The second-order valence-electron chi connectivity index (χ2n) is 2.38. The first-order valence-corrected chi connectivity index (χ1v) is 3.86. The maximum Gasteiger partial charge on any atom is 0.215 e. The summed E-state index contributed by atoms with van der Waals surface area (Å²) in [6.45, 7) is 0. The number of rotatable bonds is 1. The number of fused-ring (bicyclic) bond motifs is 1. The number of halogens is 1. The first-order valence-electron chi connectivity index (χ1n) is 3.49. The van der Waals surface area contributed by atoms with Crippen LogP contribution >= 0.6 is 11.6 Å². The topological polar surface area (TPSA) is 37.9 Å². The summed E-state index contributed by atoms with van der Waals surface area (Å²) < 4.78 is 4.96. The van der Waals surface area contributed by atoms with Crippen LogP contribution in [0.1, 0.15) is 0 Å². The Kier molecular flexibility index (Phi) is 1.66. The summed E-state index contributed by atoms with van der Waals surface area (Å²) in [4.78, 5) is 7.17. The van der Waals surface area contributed by atoms with Gasteiger partial charge in [0.1, 0.15) is 0 Å². The molecule has 62 valence electrons. The Labute approximate surface area is 74.3 Å². The van der Waals surface area contributed by atoms with Crippen molar-refractivity contribution in [3.05, 3.63) is 23.4 Å². The number of nitrogens with one attached hydrogen (secondary N) is 1. The second kappa shape index (κ2) is 2.68. The van der Waals surface area contributed by atoms with Crippen molar-refractivity contribution in [3.8, 4) is 5.88 Å². The van der Waals surface area contributed by atoms with E-state index in [2.05, 4.69) is 9.97 Å². The van der Waals surface area contributed by atoms with E-state index < -0.39 is 0 Å². The number of methoxy groups -OCH3 is 1. The van der Waals surface area contributed by atoms with Crippen LogP contribution in [0.15, 0.2) is 18.3 Å². The van der Waals surface area contributed by atoms with Crippen molar-refractivity contribution in [2.24, 2.45) is 0 Å². The first-order chi connectivity index (χ1) is 5.81. The second-order valence-corrected chi connectivity index (χ2v) is 2.79.